The zero-order chi connectivity index (χ0) is 14.3. The number of rotatable bonds is 7. The third-order valence-electron chi connectivity index (χ3n) is 3.72. The van der Waals surface area contributed by atoms with Crippen LogP contribution in [0, 0.1) is 5.92 Å². The van der Waals surface area contributed by atoms with E-state index < -0.39 is 10.0 Å². The lowest BCUT2D eigenvalue weighted by atomic mass is 10.1. The fourth-order valence-corrected chi connectivity index (χ4v) is 4.96. The summed E-state index contributed by atoms with van der Waals surface area (Å²) in [4.78, 5) is 0. The molecule has 0 spiro atoms. The molecule has 1 aliphatic rings. The highest BCUT2D eigenvalue weighted by Gasteiger charge is 2.30. The van der Waals surface area contributed by atoms with Crippen LogP contribution in [0.4, 0.5) is 0 Å². The molecule has 0 aromatic heterocycles. The van der Waals surface area contributed by atoms with Crippen LogP contribution < -0.4 is 5.73 Å². The Labute approximate surface area is 118 Å². The lowest BCUT2D eigenvalue weighted by Gasteiger charge is -2.31. The minimum absolute atomic E-state index is 0.177. The van der Waals surface area contributed by atoms with Gasteiger partial charge in [-0.2, -0.15) is 4.31 Å². The summed E-state index contributed by atoms with van der Waals surface area (Å²) in [6.07, 6.45) is 7.58. The van der Waals surface area contributed by atoms with Crippen LogP contribution >= 0.6 is 0 Å². The molecule has 2 N–H and O–H groups in total. The first-order valence-electron chi connectivity index (χ1n) is 7.67. The van der Waals surface area contributed by atoms with Crippen molar-refractivity contribution < 1.29 is 8.42 Å². The lowest BCUT2D eigenvalue weighted by molar-refractivity contribution is 0.289. The zero-order valence-corrected chi connectivity index (χ0v) is 13.3. The summed E-state index contributed by atoms with van der Waals surface area (Å²) >= 11 is 0. The van der Waals surface area contributed by atoms with E-state index in [1.165, 1.54) is 12.8 Å². The highest BCUT2D eigenvalue weighted by atomic mass is 32.2. The monoisotopic (exact) mass is 290 g/mol. The molecule has 19 heavy (non-hydrogen) atoms. The molecule has 0 aromatic rings. The van der Waals surface area contributed by atoms with Gasteiger partial charge in [0.05, 0.1) is 5.75 Å². The highest BCUT2D eigenvalue weighted by Crippen LogP contribution is 2.25. The second kappa shape index (κ2) is 8.22. The fraction of sp³-hybridized carbons (Fsp3) is 1.00. The molecule has 1 saturated carbocycles. The molecule has 0 radical (unpaired) electrons. The van der Waals surface area contributed by atoms with E-state index in [1.807, 2.05) is 13.8 Å². The van der Waals surface area contributed by atoms with Crippen molar-refractivity contribution in [2.45, 2.75) is 64.8 Å². The van der Waals surface area contributed by atoms with E-state index in [4.69, 9.17) is 5.73 Å². The maximum Gasteiger partial charge on any atom is 0.214 e. The Morgan fingerprint density at radius 1 is 1.16 bits per heavy atom. The zero-order valence-electron chi connectivity index (χ0n) is 12.5. The van der Waals surface area contributed by atoms with Gasteiger partial charge in [-0.15, -0.1) is 0 Å². The SMILES string of the molecule is CC(C)CS(=O)(=O)N(CCCN)C1CCCCCC1. The predicted molar refractivity (Wildman–Crippen MR) is 80.5 cm³/mol. The maximum absolute atomic E-state index is 12.5. The van der Waals surface area contributed by atoms with Crippen LogP contribution in [0.5, 0.6) is 0 Å². The maximum atomic E-state index is 12.5. The third-order valence-corrected chi connectivity index (χ3v) is 6.00. The van der Waals surface area contributed by atoms with Crippen LogP contribution in [0.25, 0.3) is 0 Å². The van der Waals surface area contributed by atoms with Crippen LogP contribution in [0.2, 0.25) is 0 Å². The molecule has 0 saturated heterocycles. The van der Waals surface area contributed by atoms with Gasteiger partial charge >= 0.3 is 0 Å². The minimum atomic E-state index is -3.13. The molecule has 114 valence electrons. The van der Waals surface area contributed by atoms with E-state index >= 15 is 0 Å². The minimum Gasteiger partial charge on any atom is -0.330 e. The molecule has 0 unspecified atom stereocenters. The van der Waals surface area contributed by atoms with Crippen molar-refractivity contribution in [3.8, 4) is 0 Å². The summed E-state index contributed by atoms with van der Waals surface area (Å²) in [6.45, 7) is 5.08. The highest BCUT2D eigenvalue weighted by molar-refractivity contribution is 7.89. The Bertz CT molecular complexity index is 333. The van der Waals surface area contributed by atoms with Crippen LogP contribution in [-0.4, -0.2) is 37.6 Å². The molecule has 0 bridgehead atoms. The third kappa shape index (κ3) is 5.79. The number of nitrogens with zero attached hydrogens (tertiary/aromatic N) is 1. The first-order chi connectivity index (χ1) is 8.97. The standard InChI is InChI=1S/C14H30N2O2S/c1-13(2)12-19(17,18)16(11-7-10-15)14-8-5-3-4-6-9-14/h13-14H,3-12,15H2,1-2H3. The van der Waals surface area contributed by atoms with Crippen LogP contribution in [0.3, 0.4) is 0 Å². The van der Waals surface area contributed by atoms with Gasteiger partial charge in [-0.05, 0) is 31.7 Å². The molecule has 5 heteroatoms. The first kappa shape index (κ1) is 16.9. The van der Waals surface area contributed by atoms with Crippen molar-refractivity contribution in [1.82, 2.24) is 4.31 Å². The lowest BCUT2D eigenvalue weighted by Crippen LogP contribution is -2.43. The second-order valence-electron chi connectivity index (χ2n) is 6.07. The van der Waals surface area contributed by atoms with E-state index in [2.05, 4.69) is 0 Å². The first-order valence-corrected chi connectivity index (χ1v) is 9.28. The Kier molecular flexibility index (Phi) is 7.32. The molecular weight excluding hydrogens is 260 g/mol. The number of nitrogens with two attached hydrogens (primary N) is 1. The molecule has 0 heterocycles. The Morgan fingerprint density at radius 2 is 1.74 bits per heavy atom. The van der Waals surface area contributed by atoms with Crippen molar-refractivity contribution in [3.63, 3.8) is 0 Å². The Hall–Kier alpha value is -0.130. The summed E-state index contributed by atoms with van der Waals surface area (Å²) in [5, 5.41) is 0. The summed E-state index contributed by atoms with van der Waals surface area (Å²) in [7, 11) is -3.13. The van der Waals surface area contributed by atoms with Gasteiger partial charge in [0.1, 0.15) is 0 Å². The fourth-order valence-electron chi connectivity index (χ4n) is 2.86. The Balaban J connectivity index is 2.79. The smallest absolute Gasteiger partial charge is 0.214 e. The molecule has 0 aromatic carbocycles. The number of sulfonamides is 1. The summed E-state index contributed by atoms with van der Waals surface area (Å²) < 4.78 is 26.9. The van der Waals surface area contributed by atoms with Gasteiger partial charge in [0.25, 0.3) is 0 Å². The van der Waals surface area contributed by atoms with Crippen LogP contribution in [0.15, 0.2) is 0 Å². The molecule has 1 rings (SSSR count). The van der Waals surface area contributed by atoms with Crippen LogP contribution in [0.1, 0.15) is 58.8 Å². The number of hydrogen-bond acceptors (Lipinski definition) is 3. The molecule has 0 aliphatic heterocycles. The van der Waals surface area contributed by atoms with Gasteiger partial charge in [-0.25, -0.2) is 8.42 Å². The van der Waals surface area contributed by atoms with Gasteiger partial charge in [0, 0.05) is 12.6 Å². The molecule has 1 aliphatic carbocycles. The van der Waals surface area contributed by atoms with Crippen molar-refractivity contribution in [1.29, 1.82) is 0 Å². The van der Waals surface area contributed by atoms with Crippen LogP contribution in [-0.2, 0) is 10.0 Å². The molecular formula is C14H30N2O2S. The van der Waals surface area contributed by atoms with E-state index in [0.29, 0.717) is 13.1 Å². The van der Waals surface area contributed by atoms with Gasteiger partial charge in [-0.1, -0.05) is 39.5 Å². The molecule has 0 atom stereocenters. The summed E-state index contributed by atoms with van der Waals surface area (Å²) in [5.74, 6) is 0.435. The van der Waals surface area contributed by atoms with Crippen molar-refractivity contribution in [2.75, 3.05) is 18.8 Å². The van der Waals surface area contributed by atoms with Crippen molar-refractivity contribution >= 4 is 10.0 Å². The van der Waals surface area contributed by atoms with Crippen molar-refractivity contribution in [3.05, 3.63) is 0 Å². The second-order valence-corrected chi connectivity index (χ2v) is 8.04. The largest absolute Gasteiger partial charge is 0.330 e. The van der Waals surface area contributed by atoms with E-state index in [1.54, 1.807) is 4.31 Å². The van der Waals surface area contributed by atoms with Gasteiger partial charge in [-0.3, -0.25) is 0 Å². The van der Waals surface area contributed by atoms with Gasteiger partial charge < -0.3 is 5.73 Å². The molecule has 4 nitrogen and oxygen atoms in total. The Morgan fingerprint density at radius 3 is 2.21 bits per heavy atom. The average Bonchev–Trinajstić information content (AvgIpc) is 2.56. The van der Waals surface area contributed by atoms with E-state index in [0.717, 1.165) is 32.1 Å². The average molecular weight is 290 g/mol. The molecule has 0 amide bonds. The predicted octanol–water partition coefficient (Wildman–Crippen LogP) is 2.35. The molecule has 1 fully saturated rings. The van der Waals surface area contributed by atoms with Gasteiger partial charge in [0.2, 0.25) is 10.0 Å². The topological polar surface area (TPSA) is 63.4 Å². The van der Waals surface area contributed by atoms with E-state index in [9.17, 15) is 8.42 Å². The van der Waals surface area contributed by atoms with Crippen molar-refractivity contribution in [2.24, 2.45) is 11.7 Å². The normalized spacial score (nSPS) is 19.0. The summed E-state index contributed by atoms with van der Waals surface area (Å²) in [5.41, 5.74) is 5.56. The van der Waals surface area contributed by atoms with E-state index in [-0.39, 0.29) is 17.7 Å². The number of hydrogen-bond donors (Lipinski definition) is 1. The van der Waals surface area contributed by atoms with Gasteiger partial charge in [0.15, 0.2) is 0 Å². The quantitative estimate of drug-likeness (QED) is 0.732. The summed E-state index contributed by atoms with van der Waals surface area (Å²) in [6, 6.07) is 0.206.